The van der Waals surface area contributed by atoms with Crippen molar-refractivity contribution >= 4 is 5.97 Å². The van der Waals surface area contributed by atoms with Crippen LogP contribution in [0.3, 0.4) is 0 Å². The molecule has 5 heteroatoms. The van der Waals surface area contributed by atoms with Crippen LogP contribution in [0.25, 0.3) is 0 Å². The van der Waals surface area contributed by atoms with Gasteiger partial charge in [-0.3, -0.25) is 0 Å². The number of aromatic carboxylic acids is 1. The molecule has 0 aliphatic heterocycles. The van der Waals surface area contributed by atoms with Crippen LogP contribution in [0.4, 0.5) is 0 Å². The van der Waals surface area contributed by atoms with Gasteiger partial charge in [0, 0.05) is 6.20 Å². The van der Waals surface area contributed by atoms with E-state index in [9.17, 15) is 4.79 Å². The third-order valence-corrected chi connectivity index (χ3v) is 3.01. The molecule has 0 amide bonds. The molecule has 17 heavy (non-hydrogen) atoms. The second-order valence-corrected chi connectivity index (χ2v) is 4.54. The highest BCUT2D eigenvalue weighted by Crippen LogP contribution is 2.26. The molecule has 92 valence electrons. The molecule has 1 aliphatic carbocycles. The number of nitrogens with zero attached hydrogens (tertiary/aromatic N) is 2. The van der Waals surface area contributed by atoms with Crippen molar-refractivity contribution in [3.05, 3.63) is 18.0 Å². The quantitative estimate of drug-likeness (QED) is 0.870. The molecular formula is C12H16N2O3. The zero-order valence-corrected chi connectivity index (χ0v) is 9.80. The third kappa shape index (κ3) is 3.15. The van der Waals surface area contributed by atoms with Crippen molar-refractivity contribution in [3.8, 4) is 6.01 Å². The lowest BCUT2D eigenvalue weighted by Gasteiger charge is -2.26. The Kier molecular flexibility index (Phi) is 3.56. The summed E-state index contributed by atoms with van der Waals surface area (Å²) in [7, 11) is 0. The molecule has 1 heterocycles. The van der Waals surface area contributed by atoms with Gasteiger partial charge < -0.3 is 9.84 Å². The van der Waals surface area contributed by atoms with E-state index >= 15 is 0 Å². The zero-order chi connectivity index (χ0) is 12.3. The minimum absolute atomic E-state index is 0.0288. The van der Waals surface area contributed by atoms with Crippen molar-refractivity contribution in [2.45, 2.75) is 38.7 Å². The van der Waals surface area contributed by atoms with Crippen LogP contribution in [0.2, 0.25) is 0 Å². The largest absolute Gasteiger partial charge is 0.477 e. The SMILES string of the molecule is CC1CCCC(Oc2nccc(C(=O)O)n2)C1. The second kappa shape index (κ2) is 5.12. The van der Waals surface area contributed by atoms with E-state index in [-0.39, 0.29) is 17.8 Å². The smallest absolute Gasteiger partial charge is 0.354 e. The summed E-state index contributed by atoms with van der Waals surface area (Å²) in [5, 5.41) is 8.81. The molecule has 0 spiro atoms. The predicted molar refractivity (Wildman–Crippen MR) is 61.0 cm³/mol. The molecular weight excluding hydrogens is 220 g/mol. The topological polar surface area (TPSA) is 72.3 Å². The van der Waals surface area contributed by atoms with Crippen molar-refractivity contribution in [1.82, 2.24) is 9.97 Å². The number of carboxylic acid groups (broad SMARTS) is 1. The maximum absolute atomic E-state index is 10.8. The van der Waals surface area contributed by atoms with Gasteiger partial charge in [-0.1, -0.05) is 13.3 Å². The molecule has 1 saturated carbocycles. The average Bonchev–Trinajstić information content (AvgIpc) is 2.29. The summed E-state index contributed by atoms with van der Waals surface area (Å²) in [4.78, 5) is 18.6. The highest BCUT2D eigenvalue weighted by molar-refractivity contribution is 5.85. The van der Waals surface area contributed by atoms with Crippen LogP contribution in [-0.2, 0) is 0 Å². The normalized spacial score (nSPS) is 24.3. The summed E-state index contributed by atoms with van der Waals surface area (Å²) < 4.78 is 5.63. The van der Waals surface area contributed by atoms with Gasteiger partial charge in [0.25, 0.3) is 0 Å². The van der Waals surface area contributed by atoms with Gasteiger partial charge in [-0.25, -0.2) is 9.78 Å². The number of carbonyl (C=O) groups is 1. The highest BCUT2D eigenvalue weighted by Gasteiger charge is 2.21. The third-order valence-electron chi connectivity index (χ3n) is 3.01. The van der Waals surface area contributed by atoms with Crippen LogP contribution in [0, 0.1) is 5.92 Å². The minimum atomic E-state index is -1.06. The van der Waals surface area contributed by atoms with E-state index in [0.717, 1.165) is 19.3 Å². The Bertz CT molecular complexity index is 408. The number of aromatic nitrogens is 2. The van der Waals surface area contributed by atoms with Crippen LogP contribution < -0.4 is 4.74 Å². The Morgan fingerprint density at radius 1 is 1.53 bits per heavy atom. The molecule has 5 nitrogen and oxygen atoms in total. The van der Waals surface area contributed by atoms with Crippen LogP contribution in [0.15, 0.2) is 12.3 Å². The van der Waals surface area contributed by atoms with Crippen LogP contribution in [0.5, 0.6) is 6.01 Å². The van der Waals surface area contributed by atoms with E-state index in [0.29, 0.717) is 5.92 Å². The van der Waals surface area contributed by atoms with Gasteiger partial charge in [-0.2, -0.15) is 4.98 Å². The van der Waals surface area contributed by atoms with E-state index in [1.807, 2.05) is 0 Å². The summed E-state index contributed by atoms with van der Waals surface area (Å²) in [6.45, 7) is 2.20. The first-order valence-electron chi connectivity index (χ1n) is 5.88. The first-order chi connectivity index (χ1) is 8.15. The highest BCUT2D eigenvalue weighted by atomic mass is 16.5. The average molecular weight is 236 g/mol. The van der Waals surface area contributed by atoms with E-state index in [2.05, 4.69) is 16.9 Å². The number of ether oxygens (including phenoxy) is 1. The summed E-state index contributed by atoms with van der Waals surface area (Å²) in [5.41, 5.74) is -0.0288. The lowest BCUT2D eigenvalue weighted by Crippen LogP contribution is -2.25. The van der Waals surface area contributed by atoms with Crippen molar-refractivity contribution < 1.29 is 14.6 Å². The lowest BCUT2D eigenvalue weighted by atomic mass is 9.89. The molecule has 1 aromatic heterocycles. The number of rotatable bonds is 3. The molecule has 1 fully saturated rings. The Morgan fingerprint density at radius 2 is 2.35 bits per heavy atom. The molecule has 2 atom stereocenters. The monoisotopic (exact) mass is 236 g/mol. The Morgan fingerprint density at radius 3 is 3.06 bits per heavy atom. The van der Waals surface area contributed by atoms with Gasteiger partial charge in [0.1, 0.15) is 6.10 Å². The fourth-order valence-electron chi connectivity index (χ4n) is 2.15. The fourth-order valence-corrected chi connectivity index (χ4v) is 2.15. The maximum Gasteiger partial charge on any atom is 0.354 e. The van der Waals surface area contributed by atoms with Crippen LogP contribution >= 0.6 is 0 Å². The zero-order valence-electron chi connectivity index (χ0n) is 9.80. The number of carboxylic acids is 1. The van der Waals surface area contributed by atoms with Gasteiger partial charge in [-0.05, 0) is 31.2 Å². The molecule has 0 saturated heterocycles. The van der Waals surface area contributed by atoms with Crippen molar-refractivity contribution in [1.29, 1.82) is 0 Å². The molecule has 1 aliphatic rings. The van der Waals surface area contributed by atoms with Gasteiger partial charge >= 0.3 is 12.0 Å². The Hall–Kier alpha value is -1.65. The van der Waals surface area contributed by atoms with Crippen molar-refractivity contribution in [3.63, 3.8) is 0 Å². The summed E-state index contributed by atoms with van der Waals surface area (Å²) in [6, 6.07) is 1.53. The fraction of sp³-hybridized carbons (Fsp3) is 0.583. The predicted octanol–water partition coefficient (Wildman–Crippen LogP) is 2.13. The number of hydrogen-bond donors (Lipinski definition) is 1. The first-order valence-corrected chi connectivity index (χ1v) is 5.88. The lowest BCUT2D eigenvalue weighted by molar-refractivity contribution is 0.0684. The van der Waals surface area contributed by atoms with E-state index in [4.69, 9.17) is 9.84 Å². The molecule has 2 rings (SSSR count). The van der Waals surface area contributed by atoms with Gasteiger partial charge in [0.05, 0.1) is 0 Å². The minimum Gasteiger partial charge on any atom is -0.477 e. The molecule has 2 unspecified atom stereocenters. The van der Waals surface area contributed by atoms with Crippen LogP contribution in [-0.4, -0.2) is 27.1 Å². The summed E-state index contributed by atoms with van der Waals surface area (Å²) in [6.07, 6.45) is 5.88. The molecule has 0 bridgehead atoms. The Labute approximate surface area is 99.9 Å². The molecule has 1 N–H and O–H groups in total. The first kappa shape index (κ1) is 11.8. The van der Waals surface area contributed by atoms with E-state index in [1.54, 1.807) is 0 Å². The standard InChI is InChI=1S/C12H16N2O3/c1-8-3-2-4-9(7-8)17-12-13-6-5-10(14-12)11(15)16/h5-6,8-9H,2-4,7H2,1H3,(H,15,16). The summed E-state index contributed by atoms with van der Waals surface area (Å²) in [5.74, 6) is -0.411. The van der Waals surface area contributed by atoms with Gasteiger partial charge in [-0.15, -0.1) is 0 Å². The van der Waals surface area contributed by atoms with Crippen molar-refractivity contribution in [2.24, 2.45) is 5.92 Å². The molecule has 0 aromatic carbocycles. The van der Waals surface area contributed by atoms with E-state index in [1.165, 1.54) is 18.7 Å². The van der Waals surface area contributed by atoms with Crippen LogP contribution in [0.1, 0.15) is 43.1 Å². The maximum atomic E-state index is 10.8. The molecule has 0 radical (unpaired) electrons. The van der Waals surface area contributed by atoms with Gasteiger partial charge in [0.2, 0.25) is 0 Å². The van der Waals surface area contributed by atoms with Crippen molar-refractivity contribution in [2.75, 3.05) is 0 Å². The van der Waals surface area contributed by atoms with Gasteiger partial charge in [0.15, 0.2) is 5.69 Å². The Balaban J connectivity index is 2.02. The van der Waals surface area contributed by atoms with E-state index < -0.39 is 5.97 Å². The second-order valence-electron chi connectivity index (χ2n) is 4.54. The number of hydrogen-bond acceptors (Lipinski definition) is 4. The molecule has 1 aromatic rings. The summed E-state index contributed by atoms with van der Waals surface area (Å²) >= 11 is 0.